The van der Waals surface area contributed by atoms with Crippen molar-refractivity contribution in [1.82, 2.24) is 21.3 Å². The van der Waals surface area contributed by atoms with Gasteiger partial charge in [0.25, 0.3) is 0 Å². The Kier molecular flexibility index (Phi) is 15.4. The lowest BCUT2D eigenvalue weighted by molar-refractivity contribution is -0.108. The fourth-order valence-corrected chi connectivity index (χ4v) is 1.35. The summed E-state index contributed by atoms with van der Waals surface area (Å²) < 4.78 is 0. The van der Waals surface area contributed by atoms with Gasteiger partial charge in [-0.1, -0.05) is 0 Å². The molecule has 0 aromatic rings. The van der Waals surface area contributed by atoms with Gasteiger partial charge in [-0.05, 0) is 0 Å². The van der Waals surface area contributed by atoms with Crippen LogP contribution < -0.4 is 21.3 Å². The van der Waals surface area contributed by atoms with E-state index in [1.165, 1.54) is 0 Å². The van der Waals surface area contributed by atoms with Gasteiger partial charge in [0.1, 0.15) is 12.6 Å². The van der Waals surface area contributed by atoms with Gasteiger partial charge in [0.15, 0.2) is 0 Å². The Hall–Kier alpha value is -0.820. The number of nitrogens with one attached hydrogen (secondary N) is 4. The summed E-state index contributed by atoms with van der Waals surface area (Å²) in [5.41, 5.74) is 0. The second-order valence-electron chi connectivity index (χ2n) is 3.91. The van der Waals surface area contributed by atoms with Crippen molar-refractivity contribution in [3.63, 3.8) is 0 Å². The Bertz CT molecular complexity index is 171. The van der Waals surface area contributed by atoms with Gasteiger partial charge in [-0.25, -0.2) is 0 Å². The molecule has 6 heteroatoms. The summed E-state index contributed by atoms with van der Waals surface area (Å²) in [6.45, 7) is 7.00. The van der Waals surface area contributed by atoms with Crippen LogP contribution in [0, 0.1) is 0 Å². The molecule has 6 nitrogen and oxygen atoms in total. The maximum absolute atomic E-state index is 10.0. The number of carbonyl (C=O) groups is 2. The fraction of sp³-hybridized carbons (Fsp3) is 0.833. The van der Waals surface area contributed by atoms with Crippen LogP contribution in [0.25, 0.3) is 0 Å². The average molecular weight is 258 g/mol. The third kappa shape index (κ3) is 15.2. The number of aldehydes is 2. The maximum Gasteiger partial charge on any atom is 0.121 e. The molecule has 0 unspecified atom stereocenters. The summed E-state index contributed by atoms with van der Waals surface area (Å²) in [6.07, 6.45) is 3.01. The number of hydrogen-bond acceptors (Lipinski definition) is 6. The molecule has 4 N–H and O–H groups in total. The third-order valence-electron chi connectivity index (χ3n) is 2.31. The predicted octanol–water partition coefficient (Wildman–Crippen LogP) is -1.48. The van der Waals surface area contributed by atoms with E-state index in [-0.39, 0.29) is 0 Å². The number of carbonyl (C=O) groups excluding carboxylic acids is 2. The van der Waals surface area contributed by atoms with Crippen molar-refractivity contribution in [2.24, 2.45) is 0 Å². The van der Waals surface area contributed by atoms with Crippen molar-refractivity contribution in [1.29, 1.82) is 0 Å². The second-order valence-corrected chi connectivity index (χ2v) is 3.91. The quantitative estimate of drug-likeness (QED) is 0.212. The lowest BCUT2D eigenvalue weighted by atomic mass is 10.4. The topological polar surface area (TPSA) is 82.3 Å². The van der Waals surface area contributed by atoms with E-state index in [0.717, 1.165) is 64.9 Å². The van der Waals surface area contributed by atoms with Gasteiger partial charge in [0.05, 0.1) is 0 Å². The molecule has 0 aromatic heterocycles. The van der Waals surface area contributed by atoms with Gasteiger partial charge < -0.3 is 30.9 Å². The van der Waals surface area contributed by atoms with Crippen molar-refractivity contribution in [2.75, 3.05) is 52.4 Å². The lowest BCUT2D eigenvalue weighted by Crippen LogP contribution is -2.35. The van der Waals surface area contributed by atoms with Gasteiger partial charge in [-0.3, -0.25) is 0 Å². The van der Waals surface area contributed by atoms with E-state index in [1.807, 2.05) is 0 Å². The van der Waals surface area contributed by atoms with Crippen LogP contribution in [0.4, 0.5) is 0 Å². The number of hydrogen-bond donors (Lipinski definition) is 4. The van der Waals surface area contributed by atoms with E-state index < -0.39 is 0 Å². The Labute approximate surface area is 109 Å². The standard InChI is InChI=1S/C12H26N4O2/c17-11-1-3-13-5-7-15-9-10-16-8-6-14-4-2-12-18/h11-16H,1-10H2. The summed E-state index contributed by atoms with van der Waals surface area (Å²) >= 11 is 0. The molecule has 0 bridgehead atoms. The molecule has 0 radical (unpaired) electrons. The van der Waals surface area contributed by atoms with Gasteiger partial charge in [0.2, 0.25) is 0 Å². The van der Waals surface area contributed by atoms with Crippen LogP contribution in [-0.4, -0.2) is 64.9 Å². The number of rotatable bonds is 15. The molecule has 0 fully saturated rings. The van der Waals surface area contributed by atoms with Gasteiger partial charge in [0, 0.05) is 65.2 Å². The van der Waals surface area contributed by atoms with Gasteiger partial charge in [-0.2, -0.15) is 0 Å². The normalized spacial score (nSPS) is 10.4. The minimum Gasteiger partial charge on any atom is -0.315 e. The van der Waals surface area contributed by atoms with E-state index >= 15 is 0 Å². The third-order valence-corrected chi connectivity index (χ3v) is 2.31. The molecular weight excluding hydrogens is 232 g/mol. The minimum atomic E-state index is 0.582. The highest BCUT2D eigenvalue weighted by molar-refractivity contribution is 5.49. The summed E-state index contributed by atoms with van der Waals surface area (Å²) in [5.74, 6) is 0. The van der Waals surface area contributed by atoms with Crippen molar-refractivity contribution < 1.29 is 9.59 Å². The Morgan fingerprint density at radius 3 is 1.06 bits per heavy atom. The molecule has 0 saturated carbocycles. The first-order valence-electron chi connectivity index (χ1n) is 6.62. The first kappa shape index (κ1) is 17.2. The molecule has 106 valence electrons. The lowest BCUT2D eigenvalue weighted by Gasteiger charge is -2.07. The predicted molar refractivity (Wildman–Crippen MR) is 72.8 cm³/mol. The molecule has 0 aliphatic carbocycles. The van der Waals surface area contributed by atoms with Crippen molar-refractivity contribution in [2.45, 2.75) is 12.8 Å². The zero-order valence-corrected chi connectivity index (χ0v) is 11.0. The van der Waals surface area contributed by atoms with Crippen LogP contribution in [0.5, 0.6) is 0 Å². The molecule has 18 heavy (non-hydrogen) atoms. The molecule has 0 aliphatic heterocycles. The van der Waals surface area contributed by atoms with E-state index in [0.29, 0.717) is 12.8 Å². The van der Waals surface area contributed by atoms with Crippen LogP contribution in [0.1, 0.15) is 12.8 Å². The first-order chi connectivity index (χ1) is 8.91. The van der Waals surface area contributed by atoms with Crippen LogP contribution >= 0.6 is 0 Å². The molecule has 0 rings (SSSR count). The molecule has 0 heterocycles. The van der Waals surface area contributed by atoms with Crippen LogP contribution in [0.2, 0.25) is 0 Å². The monoisotopic (exact) mass is 258 g/mol. The van der Waals surface area contributed by atoms with Crippen LogP contribution in [0.15, 0.2) is 0 Å². The summed E-state index contributed by atoms with van der Waals surface area (Å²) in [6, 6.07) is 0. The molecule has 0 atom stereocenters. The SMILES string of the molecule is O=CCCNCCNCCNCCNCCC=O. The Balaban J connectivity index is 2.90. The molecule has 0 spiro atoms. The molecular formula is C12H26N4O2. The van der Waals surface area contributed by atoms with Crippen molar-refractivity contribution in [3.05, 3.63) is 0 Å². The maximum atomic E-state index is 10.0. The Morgan fingerprint density at radius 2 is 0.778 bits per heavy atom. The Morgan fingerprint density at radius 1 is 0.500 bits per heavy atom. The minimum absolute atomic E-state index is 0.582. The highest BCUT2D eigenvalue weighted by Crippen LogP contribution is 1.68. The molecule has 0 saturated heterocycles. The van der Waals surface area contributed by atoms with E-state index in [2.05, 4.69) is 21.3 Å². The fourth-order valence-electron chi connectivity index (χ4n) is 1.35. The van der Waals surface area contributed by atoms with Crippen LogP contribution in [0.3, 0.4) is 0 Å². The van der Waals surface area contributed by atoms with Crippen molar-refractivity contribution >= 4 is 12.6 Å². The molecule has 0 aromatic carbocycles. The van der Waals surface area contributed by atoms with Crippen molar-refractivity contribution in [3.8, 4) is 0 Å². The second kappa shape index (κ2) is 16.2. The zero-order chi connectivity index (χ0) is 13.3. The first-order valence-corrected chi connectivity index (χ1v) is 6.62. The largest absolute Gasteiger partial charge is 0.315 e. The molecule has 0 aliphatic rings. The summed E-state index contributed by atoms with van der Waals surface area (Å²) in [7, 11) is 0. The summed E-state index contributed by atoms with van der Waals surface area (Å²) in [5, 5.41) is 12.9. The van der Waals surface area contributed by atoms with E-state index in [1.54, 1.807) is 0 Å². The zero-order valence-electron chi connectivity index (χ0n) is 11.0. The van der Waals surface area contributed by atoms with Gasteiger partial charge in [-0.15, -0.1) is 0 Å². The van der Waals surface area contributed by atoms with E-state index in [4.69, 9.17) is 0 Å². The molecule has 0 amide bonds. The summed E-state index contributed by atoms with van der Waals surface area (Å²) in [4.78, 5) is 20.1. The highest BCUT2D eigenvalue weighted by Gasteiger charge is 1.90. The highest BCUT2D eigenvalue weighted by atomic mass is 16.1. The smallest absolute Gasteiger partial charge is 0.121 e. The van der Waals surface area contributed by atoms with E-state index in [9.17, 15) is 9.59 Å². The van der Waals surface area contributed by atoms with Crippen LogP contribution in [-0.2, 0) is 9.59 Å². The van der Waals surface area contributed by atoms with Gasteiger partial charge >= 0.3 is 0 Å². The average Bonchev–Trinajstić information content (AvgIpc) is 2.39.